The summed E-state index contributed by atoms with van der Waals surface area (Å²) in [5.74, 6) is 0.182. The molecule has 2 aromatic carbocycles. The van der Waals surface area contributed by atoms with E-state index in [9.17, 15) is 9.59 Å². The minimum atomic E-state index is -1.18. The van der Waals surface area contributed by atoms with Crippen molar-refractivity contribution in [1.29, 1.82) is 0 Å². The van der Waals surface area contributed by atoms with Crippen molar-refractivity contribution < 1.29 is 14.3 Å². The lowest BCUT2D eigenvalue weighted by atomic mass is 9.89. The number of aryl methyl sites for hydroxylation is 1. The Morgan fingerprint density at radius 1 is 1.22 bits per heavy atom. The van der Waals surface area contributed by atoms with Gasteiger partial charge in [0.15, 0.2) is 5.60 Å². The Kier molecular flexibility index (Phi) is 4.39. The molecule has 138 valence electrons. The van der Waals surface area contributed by atoms with Gasteiger partial charge < -0.3 is 15.0 Å². The second-order valence-electron chi connectivity index (χ2n) is 7.01. The van der Waals surface area contributed by atoms with Crippen LogP contribution in [0.3, 0.4) is 0 Å². The summed E-state index contributed by atoms with van der Waals surface area (Å²) in [7, 11) is 0. The second-order valence-corrected chi connectivity index (χ2v) is 7.01. The van der Waals surface area contributed by atoms with Crippen LogP contribution in [0.25, 0.3) is 11.0 Å². The van der Waals surface area contributed by atoms with Crippen molar-refractivity contribution in [3.05, 3.63) is 65.5 Å². The molecule has 1 aliphatic rings. The highest BCUT2D eigenvalue weighted by atomic mass is 16.6. The monoisotopic (exact) mass is 363 g/mol. The van der Waals surface area contributed by atoms with Crippen LogP contribution in [0.15, 0.2) is 48.5 Å². The molecule has 2 heterocycles. The first kappa shape index (κ1) is 17.3. The number of hydrogen-bond donors (Lipinski definition) is 2. The van der Waals surface area contributed by atoms with Crippen molar-refractivity contribution in [1.82, 2.24) is 15.3 Å². The summed E-state index contributed by atoms with van der Waals surface area (Å²) >= 11 is 0. The van der Waals surface area contributed by atoms with E-state index >= 15 is 0 Å². The number of H-pyrrole nitrogens is 1. The molecule has 1 atom stereocenters. The van der Waals surface area contributed by atoms with Crippen molar-refractivity contribution in [3.63, 3.8) is 0 Å². The number of carbonyl (C=O) groups is 2. The molecule has 27 heavy (non-hydrogen) atoms. The summed E-state index contributed by atoms with van der Waals surface area (Å²) in [5.41, 5.74) is 2.15. The first-order valence-corrected chi connectivity index (χ1v) is 9.08. The van der Waals surface area contributed by atoms with Gasteiger partial charge in [-0.2, -0.15) is 0 Å². The summed E-state index contributed by atoms with van der Waals surface area (Å²) in [6, 6.07) is 15.1. The zero-order valence-corrected chi connectivity index (χ0v) is 15.1. The van der Waals surface area contributed by atoms with Crippen LogP contribution in [0.5, 0.6) is 0 Å². The fraction of sp³-hybridized carbons (Fsp3) is 0.286. The van der Waals surface area contributed by atoms with E-state index in [1.54, 1.807) is 19.1 Å². The van der Waals surface area contributed by atoms with Gasteiger partial charge in [-0.15, -0.1) is 0 Å². The van der Waals surface area contributed by atoms with Crippen molar-refractivity contribution in [2.75, 3.05) is 6.54 Å². The number of nitrogens with one attached hydrogen (secondary N) is 2. The van der Waals surface area contributed by atoms with Gasteiger partial charge in [-0.25, -0.2) is 9.78 Å². The largest absolute Gasteiger partial charge is 0.445 e. The van der Waals surface area contributed by atoms with Gasteiger partial charge in [0.05, 0.1) is 16.6 Å². The molecular formula is C21H21N3O3. The summed E-state index contributed by atoms with van der Waals surface area (Å²) < 4.78 is 5.45. The Bertz CT molecular complexity index is 978. The maximum absolute atomic E-state index is 12.6. The lowest BCUT2D eigenvalue weighted by Crippen LogP contribution is -2.51. The molecule has 1 aliphatic heterocycles. The number of rotatable bonds is 5. The van der Waals surface area contributed by atoms with E-state index in [1.165, 1.54) is 0 Å². The van der Waals surface area contributed by atoms with E-state index in [2.05, 4.69) is 15.3 Å². The topological polar surface area (TPSA) is 84.1 Å². The highest BCUT2D eigenvalue weighted by Crippen LogP contribution is 2.28. The molecule has 1 aromatic heterocycles. The molecule has 0 radical (unpaired) electrons. The second kappa shape index (κ2) is 6.87. The van der Waals surface area contributed by atoms with Gasteiger partial charge >= 0.3 is 5.97 Å². The number of fused-ring (bicyclic) bond motifs is 2. The van der Waals surface area contributed by atoms with Crippen LogP contribution in [0.1, 0.15) is 35.1 Å². The highest BCUT2D eigenvalue weighted by Gasteiger charge is 2.42. The Morgan fingerprint density at radius 2 is 2.00 bits per heavy atom. The third-order valence-corrected chi connectivity index (χ3v) is 4.88. The number of nitrogens with zero attached hydrogens (tertiary/aromatic N) is 1. The van der Waals surface area contributed by atoms with E-state index in [4.69, 9.17) is 4.74 Å². The minimum absolute atomic E-state index is 0.269. The summed E-state index contributed by atoms with van der Waals surface area (Å²) in [6.45, 7) is 2.15. The predicted octanol–water partition coefficient (Wildman–Crippen LogP) is 2.78. The quantitative estimate of drug-likeness (QED) is 0.539. The Balaban J connectivity index is 1.33. The van der Waals surface area contributed by atoms with Crippen molar-refractivity contribution in [2.24, 2.45) is 0 Å². The van der Waals surface area contributed by atoms with Gasteiger partial charge in [-0.3, -0.25) is 4.79 Å². The van der Waals surface area contributed by atoms with Gasteiger partial charge in [0.25, 0.3) is 5.91 Å². The number of amides is 1. The maximum atomic E-state index is 12.6. The standard InChI is InChI=1S/C21H21N3O3/c1-21(13-14-7-2-3-8-15(14)19(25)27-21)20(26)22-12-6-11-18-23-16-9-4-5-10-17(16)24-18/h2-5,7-10H,6,11-13H2,1H3,(H,22,26)(H,23,24). The highest BCUT2D eigenvalue weighted by molar-refractivity contribution is 5.97. The van der Waals surface area contributed by atoms with Crippen molar-refractivity contribution in [2.45, 2.75) is 31.8 Å². The van der Waals surface area contributed by atoms with E-state index in [-0.39, 0.29) is 5.91 Å². The van der Waals surface area contributed by atoms with Gasteiger partial charge in [0.2, 0.25) is 0 Å². The van der Waals surface area contributed by atoms with E-state index < -0.39 is 11.6 Å². The molecule has 0 fully saturated rings. The first-order chi connectivity index (χ1) is 13.0. The summed E-state index contributed by atoms with van der Waals surface area (Å²) in [5, 5.41) is 2.89. The third kappa shape index (κ3) is 3.43. The van der Waals surface area contributed by atoms with Crippen LogP contribution >= 0.6 is 0 Å². The van der Waals surface area contributed by atoms with Gasteiger partial charge in [-0.1, -0.05) is 30.3 Å². The van der Waals surface area contributed by atoms with E-state index in [0.717, 1.165) is 35.3 Å². The average molecular weight is 363 g/mol. The maximum Gasteiger partial charge on any atom is 0.339 e. The van der Waals surface area contributed by atoms with Crippen LogP contribution in [0, 0.1) is 0 Å². The van der Waals surface area contributed by atoms with Crippen molar-refractivity contribution >= 4 is 22.9 Å². The molecule has 3 aromatic rings. The molecule has 0 saturated heterocycles. The third-order valence-electron chi connectivity index (χ3n) is 4.88. The smallest absolute Gasteiger partial charge is 0.339 e. The summed E-state index contributed by atoms with van der Waals surface area (Å²) in [6.07, 6.45) is 1.85. The SMILES string of the molecule is CC1(C(=O)NCCCc2nc3ccccc3[nH]2)Cc2ccccc2C(=O)O1. The Hall–Kier alpha value is -3.15. The molecule has 0 spiro atoms. The van der Waals surface area contributed by atoms with Gasteiger partial charge in [0, 0.05) is 19.4 Å². The number of hydrogen-bond acceptors (Lipinski definition) is 4. The Labute approximate surface area is 156 Å². The lowest BCUT2D eigenvalue weighted by Gasteiger charge is -2.33. The molecule has 0 saturated carbocycles. The number of aromatic nitrogens is 2. The molecular weight excluding hydrogens is 342 g/mol. The Morgan fingerprint density at radius 3 is 2.85 bits per heavy atom. The number of ether oxygens (including phenoxy) is 1. The van der Waals surface area contributed by atoms with Crippen LogP contribution in [0.4, 0.5) is 0 Å². The van der Waals surface area contributed by atoms with Crippen LogP contribution < -0.4 is 5.32 Å². The van der Waals surface area contributed by atoms with Crippen LogP contribution in [0.2, 0.25) is 0 Å². The number of imidazole rings is 1. The number of aromatic amines is 1. The number of benzene rings is 2. The van der Waals surface area contributed by atoms with E-state index in [1.807, 2.05) is 36.4 Å². The molecule has 1 amide bonds. The number of para-hydroxylation sites is 2. The average Bonchev–Trinajstić information content (AvgIpc) is 3.08. The van der Waals surface area contributed by atoms with Crippen molar-refractivity contribution in [3.8, 4) is 0 Å². The summed E-state index contributed by atoms with van der Waals surface area (Å²) in [4.78, 5) is 32.6. The zero-order chi connectivity index (χ0) is 18.9. The first-order valence-electron chi connectivity index (χ1n) is 9.08. The normalized spacial score (nSPS) is 18.8. The molecule has 1 unspecified atom stereocenters. The molecule has 0 bridgehead atoms. The molecule has 2 N–H and O–H groups in total. The minimum Gasteiger partial charge on any atom is -0.445 e. The zero-order valence-electron chi connectivity index (χ0n) is 15.1. The molecule has 6 heteroatoms. The lowest BCUT2D eigenvalue weighted by molar-refractivity contribution is -0.139. The fourth-order valence-corrected chi connectivity index (χ4v) is 3.43. The van der Waals surface area contributed by atoms with Gasteiger partial charge in [-0.05, 0) is 37.1 Å². The molecule has 6 nitrogen and oxygen atoms in total. The molecule has 0 aliphatic carbocycles. The fourth-order valence-electron chi connectivity index (χ4n) is 3.43. The predicted molar refractivity (Wildman–Crippen MR) is 101 cm³/mol. The van der Waals surface area contributed by atoms with Gasteiger partial charge in [0.1, 0.15) is 5.82 Å². The molecule has 4 rings (SSSR count). The van der Waals surface area contributed by atoms with Crippen LogP contribution in [-0.2, 0) is 22.4 Å². The number of esters is 1. The van der Waals surface area contributed by atoms with E-state index in [0.29, 0.717) is 18.5 Å². The van der Waals surface area contributed by atoms with Crippen LogP contribution in [-0.4, -0.2) is 34.0 Å². The number of carbonyl (C=O) groups excluding carboxylic acids is 2. The number of cyclic esters (lactones) is 1.